The second-order valence-corrected chi connectivity index (χ2v) is 6.94. The molecular weight excluding hydrogens is 380 g/mol. The molecule has 0 saturated heterocycles. The van der Waals surface area contributed by atoms with Gasteiger partial charge in [-0.25, -0.2) is 14.4 Å². The molecular formula is C17H13ClN2O5S. The number of hydrogen-bond donors (Lipinski definition) is 1. The van der Waals surface area contributed by atoms with Gasteiger partial charge in [0, 0.05) is 30.9 Å². The Morgan fingerprint density at radius 2 is 1.77 bits per heavy atom. The van der Waals surface area contributed by atoms with Crippen LogP contribution in [0.2, 0.25) is 5.02 Å². The molecule has 9 heteroatoms. The first kappa shape index (κ1) is 18.0. The highest BCUT2D eigenvalue weighted by atomic mass is 35.5. The summed E-state index contributed by atoms with van der Waals surface area (Å²) in [4.78, 5) is 38.2. The minimum Gasteiger partial charge on any atom is -0.477 e. The number of rotatable bonds is 3. The van der Waals surface area contributed by atoms with Gasteiger partial charge in [0.15, 0.2) is 5.58 Å². The lowest BCUT2D eigenvalue weighted by atomic mass is 10.3. The van der Waals surface area contributed by atoms with Crippen molar-refractivity contribution >= 4 is 55.9 Å². The van der Waals surface area contributed by atoms with Gasteiger partial charge in [-0.3, -0.25) is 9.80 Å². The quantitative estimate of drug-likeness (QED) is 0.729. The van der Waals surface area contributed by atoms with E-state index >= 15 is 0 Å². The highest BCUT2D eigenvalue weighted by Crippen LogP contribution is 2.32. The first-order valence-electron chi connectivity index (χ1n) is 7.36. The number of carbonyl (C=O) groups excluding carboxylic acids is 1. The highest BCUT2D eigenvalue weighted by molar-refractivity contribution is 7.22. The van der Waals surface area contributed by atoms with E-state index in [2.05, 4.69) is 0 Å². The first-order chi connectivity index (χ1) is 12.3. The molecule has 0 aliphatic heterocycles. The molecule has 0 aliphatic carbocycles. The van der Waals surface area contributed by atoms with Gasteiger partial charge >= 0.3 is 17.6 Å². The van der Waals surface area contributed by atoms with Crippen molar-refractivity contribution in [3.05, 3.63) is 57.4 Å². The fraction of sp³-hybridized carbons (Fsp3) is 0.118. The lowest BCUT2D eigenvalue weighted by Crippen LogP contribution is -2.38. The highest BCUT2D eigenvalue weighted by Gasteiger charge is 2.21. The monoisotopic (exact) mass is 392 g/mol. The Balaban J connectivity index is 1.92. The first-order valence-corrected chi connectivity index (χ1v) is 8.55. The summed E-state index contributed by atoms with van der Waals surface area (Å²) in [7, 11) is 3.20. The number of carbonyl (C=O) groups is 2. The summed E-state index contributed by atoms with van der Waals surface area (Å²) in [5.74, 6) is -1.36. The molecule has 1 N–H and O–H groups in total. The van der Waals surface area contributed by atoms with E-state index in [0.717, 1.165) is 11.3 Å². The summed E-state index contributed by atoms with van der Waals surface area (Å²) >= 11 is 7.01. The maximum Gasteiger partial charge on any atom is 0.351 e. The van der Waals surface area contributed by atoms with Gasteiger partial charge in [-0.15, -0.1) is 11.3 Å². The maximum absolute atomic E-state index is 12.7. The van der Waals surface area contributed by atoms with Gasteiger partial charge in [0.05, 0.1) is 4.70 Å². The maximum atomic E-state index is 12.7. The summed E-state index contributed by atoms with van der Waals surface area (Å²) in [6, 6.07) is 9.26. The SMILES string of the molecule is CN(C(=O)N(C)c1cc2oc(=O)c(C(=O)O)cc2s1)c1ccc(Cl)cc1. The fourth-order valence-corrected chi connectivity index (χ4v) is 3.42. The molecule has 0 spiro atoms. The average molecular weight is 393 g/mol. The molecule has 0 atom stereocenters. The molecule has 134 valence electrons. The Bertz CT molecular complexity index is 1060. The van der Waals surface area contributed by atoms with E-state index in [1.54, 1.807) is 38.4 Å². The number of thiophene rings is 1. The predicted molar refractivity (Wildman–Crippen MR) is 101 cm³/mol. The number of benzene rings is 1. The van der Waals surface area contributed by atoms with Crippen molar-refractivity contribution in [2.45, 2.75) is 0 Å². The third-order valence-electron chi connectivity index (χ3n) is 3.76. The topological polar surface area (TPSA) is 91.1 Å². The lowest BCUT2D eigenvalue weighted by Gasteiger charge is -2.23. The average Bonchev–Trinajstić information content (AvgIpc) is 3.02. The molecule has 3 rings (SSSR count). The molecule has 0 radical (unpaired) electrons. The normalized spacial score (nSPS) is 10.7. The van der Waals surface area contributed by atoms with E-state index in [-0.39, 0.29) is 11.6 Å². The summed E-state index contributed by atoms with van der Waals surface area (Å²) in [5, 5.41) is 10.1. The standard InChI is InChI=1S/C17H13ClN2O5S/c1-19(10-5-3-9(18)4-6-10)17(24)20(2)14-8-12-13(26-14)7-11(15(21)22)16(23)25-12/h3-8H,1-2H3,(H,21,22). The lowest BCUT2D eigenvalue weighted by molar-refractivity contribution is 0.0692. The van der Waals surface area contributed by atoms with Crippen LogP contribution in [0.25, 0.3) is 10.3 Å². The van der Waals surface area contributed by atoms with Gasteiger partial charge in [0.25, 0.3) is 0 Å². The number of aromatic carboxylic acids is 1. The summed E-state index contributed by atoms with van der Waals surface area (Å²) in [6.45, 7) is 0. The molecule has 0 saturated carbocycles. The van der Waals surface area contributed by atoms with Crippen molar-refractivity contribution < 1.29 is 19.1 Å². The van der Waals surface area contributed by atoms with E-state index in [9.17, 15) is 14.4 Å². The zero-order valence-corrected chi connectivity index (χ0v) is 15.3. The van der Waals surface area contributed by atoms with Crippen LogP contribution in [0.5, 0.6) is 0 Å². The second kappa shape index (κ2) is 6.81. The number of amides is 2. The van der Waals surface area contributed by atoms with Crippen LogP contribution in [-0.2, 0) is 0 Å². The number of fused-ring (bicyclic) bond motifs is 1. The zero-order valence-electron chi connectivity index (χ0n) is 13.7. The van der Waals surface area contributed by atoms with Crippen molar-refractivity contribution in [2.75, 3.05) is 23.9 Å². The fourth-order valence-electron chi connectivity index (χ4n) is 2.31. The smallest absolute Gasteiger partial charge is 0.351 e. The largest absolute Gasteiger partial charge is 0.477 e. The van der Waals surface area contributed by atoms with Gasteiger partial charge in [-0.2, -0.15) is 0 Å². The van der Waals surface area contributed by atoms with Crippen molar-refractivity contribution in [2.24, 2.45) is 0 Å². The number of carboxylic acids is 1. The van der Waals surface area contributed by atoms with Crippen LogP contribution in [0.4, 0.5) is 15.5 Å². The van der Waals surface area contributed by atoms with E-state index in [1.807, 2.05) is 0 Å². The minimum atomic E-state index is -1.36. The third kappa shape index (κ3) is 3.29. The minimum absolute atomic E-state index is 0.230. The Hall–Kier alpha value is -2.84. The van der Waals surface area contributed by atoms with Gasteiger partial charge in [0.2, 0.25) is 0 Å². The van der Waals surface area contributed by atoms with E-state index in [1.165, 1.54) is 21.9 Å². The van der Waals surface area contributed by atoms with E-state index in [0.29, 0.717) is 20.4 Å². The van der Waals surface area contributed by atoms with Gasteiger partial charge in [-0.1, -0.05) is 11.6 Å². The van der Waals surface area contributed by atoms with Crippen molar-refractivity contribution in [1.82, 2.24) is 0 Å². The Labute approximate surface area is 156 Å². The Kier molecular flexibility index (Phi) is 4.71. The molecule has 2 amide bonds. The molecule has 1 aromatic carbocycles. The molecule has 3 aromatic rings. The van der Waals surface area contributed by atoms with Crippen LogP contribution < -0.4 is 15.4 Å². The number of halogens is 1. The number of carboxylic acid groups (broad SMARTS) is 1. The Morgan fingerprint density at radius 3 is 2.38 bits per heavy atom. The van der Waals surface area contributed by atoms with Crippen LogP contribution in [0.1, 0.15) is 10.4 Å². The van der Waals surface area contributed by atoms with E-state index in [4.69, 9.17) is 21.1 Å². The molecule has 0 aliphatic rings. The van der Waals surface area contributed by atoms with Crippen LogP contribution in [-0.4, -0.2) is 31.2 Å². The van der Waals surface area contributed by atoms with E-state index < -0.39 is 17.2 Å². The summed E-state index contributed by atoms with van der Waals surface area (Å²) in [6.07, 6.45) is 0. The number of hydrogen-bond acceptors (Lipinski definition) is 5. The molecule has 2 heterocycles. The van der Waals surface area contributed by atoms with Crippen LogP contribution in [0.3, 0.4) is 0 Å². The van der Waals surface area contributed by atoms with Crippen LogP contribution in [0.15, 0.2) is 45.6 Å². The molecule has 0 unspecified atom stereocenters. The summed E-state index contributed by atoms with van der Waals surface area (Å²) in [5.41, 5.74) is -0.486. The van der Waals surface area contributed by atoms with Gasteiger partial charge in [-0.05, 0) is 30.3 Å². The molecule has 2 aromatic heterocycles. The van der Waals surface area contributed by atoms with Crippen molar-refractivity contribution in [3.63, 3.8) is 0 Å². The number of urea groups is 1. The number of nitrogens with zero attached hydrogens (tertiary/aromatic N) is 2. The van der Waals surface area contributed by atoms with Crippen molar-refractivity contribution in [1.29, 1.82) is 0 Å². The predicted octanol–water partition coefficient (Wildman–Crippen LogP) is 3.90. The molecule has 7 nitrogen and oxygen atoms in total. The Morgan fingerprint density at radius 1 is 1.12 bits per heavy atom. The van der Waals surface area contributed by atoms with Crippen molar-refractivity contribution in [3.8, 4) is 0 Å². The molecule has 26 heavy (non-hydrogen) atoms. The zero-order chi connectivity index (χ0) is 19.0. The van der Waals surface area contributed by atoms with Gasteiger partial charge in [0.1, 0.15) is 10.6 Å². The van der Waals surface area contributed by atoms with Crippen LogP contribution >= 0.6 is 22.9 Å². The number of anilines is 2. The third-order valence-corrected chi connectivity index (χ3v) is 5.15. The second-order valence-electron chi connectivity index (χ2n) is 5.44. The molecule has 0 fully saturated rings. The van der Waals surface area contributed by atoms with Gasteiger partial charge < -0.3 is 9.52 Å². The molecule has 0 bridgehead atoms. The summed E-state index contributed by atoms with van der Waals surface area (Å²) < 4.78 is 5.49. The van der Waals surface area contributed by atoms with Crippen LogP contribution in [0, 0.1) is 0 Å².